The molecule has 6 nitrogen and oxygen atoms in total. The Bertz CT molecular complexity index is 1010. The molecule has 142 valence electrons. The monoisotopic (exact) mass is 404 g/mol. The summed E-state index contributed by atoms with van der Waals surface area (Å²) in [4.78, 5) is 23.8. The minimum Gasteiger partial charge on any atom is -0.610 e. The molecule has 8 heteroatoms. The van der Waals surface area contributed by atoms with Crippen LogP contribution in [-0.2, 0) is 11.2 Å². The maximum absolute atomic E-state index is 12.4. The highest BCUT2D eigenvalue weighted by Gasteiger charge is 2.17. The zero-order valence-electron chi connectivity index (χ0n) is 15.3. The number of hydrogen-bond donors (Lipinski definition) is 2. The molecule has 0 aliphatic rings. The van der Waals surface area contributed by atoms with Crippen LogP contribution in [0, 0.1) is 5.92 Å². The number of fused-ring (bicyclic) bond motifs is 1. The third-order valence-electron chi connectivity index (χ3n) is 4.00. The van der Waals surface area contributed by atoms with Crippen LogP contribution >= 0.6 is 11.6 Å². The van der Waals surface area contributed by atoms with E-state index in [0.717, 1.165) is 10.9 Å². The second kappa shape index (κ2) is 8.29. The average molecular weight is 405 g/mol. The first kappa shape index (κ1) is 19.7. The van der Waals surface area contributed by atoms with Crippen LogP contribution in [0.1, 0.15) is 32.4 Å². The number of rotatable bonds is 6. The molecule has 0 unspecified atom stereocenters. The van der Waals surface area contributed by atoms with Gasteiger partial charge < -0.3 is 14.9 Å². The number of nitrogens with one attached hydrogen (secondary N) is 2. The average Bonchev–Trinajstić information content (AvgIpc) is 2.61. The molecule has 0 saturated heterocycles. The summed E-state index contributed by atoms with van der Waals surface area (Å²) in [5.41, 5.74) is 1.08. The second-order valence-corrected chi connectivity index (χ2v) is 8.66. The summed E-state index contributed by atoms with van der Waals surface area (Å²) in [5, 5.41) is 5.04. The fourth-order valence-electron chi connectivity index (χ4n) is 2.71. The van der Waals surface area contributed by atoms with E-state index in [9.17, 15) is 9.35 Å². The van der Waals surface area contributed by atoms with Crippen molar-refractivity contribution in [2.75, 3.05) is 11.1 Å². The van der Waals surface area contributed by atoms with E-state index in [4.69, 9.17) is 11.6 Å². The lowest BCUT2D eigenvalue weighted by Gasteiger charge is -2.16. The summed E-state index contributed by atoms with van der Waals surface area (Å²) in [6.45, 7) is 5.87. The van der Waals surface area contributed by atoms with Gasteiger partial charge in [-0.3, -0.25) is 4.79 Å². The maximum atomic E-state index is 12.4. The number of nitrogens with zero attached hydrogens (tertiary/aromatic N) is 2. The highest BCUT2D eigenvalue weighted by atomic mass is 35.5. The Morgan fingerprint density at radius 1 is 1.26 bits per heavy atom. The van der Waals surface area contributed by atoms with E-state index in [1.54, 1.807) is 36.5 Å². The van der Waals surface area contributed by atoms with Crippen molar-refractivity contribution in [3.63, 3.8) is 0 Å². The van der Waals surface area contributed by atoms with Gasteiger partial charge in [0, 0.05) is 44.9 Å². The van der Waals surface area contributed by atoms with Crippen molar-refractivity contribution >= 4 is 39.6 Å². The summed E-state index contributed by atoms with van der Waals surface area (Å²) in [6, 6.07) is 8.42. The van der Waals surface area contributed by atoms with Gasteiger partial charge in [-0.15, -0.1) is 0 Å². The van der Waals surface area contributed by atoms with Crippen molar-refractivity contribution in [1.29, 1.82) is 0 Å². The third kappa shape index (κ3) is 4.80. The Morgan fingerprint density at radius 2 is 2.04 bits per heavy atom. The number of aromatic amines is 1. The van der Waals surface area contributed by atoms with Gasteiger partial charge in [-0.2, -0.15) is 4.98 Å². The van der Waals surface area contributed by atoms with Crippen LogP contribution in [-0.4, -0.2) is 25.3 Å². The molecule has 2 atom stereocenters. The summed E-state index contributed by atoms with van der Waals surface area (Å²) in [7, 11) is 0. The number of anilines is 1. The van der Waals surface area contributed by atoms with E-state index in [-0.39, 0.29) is 11.6 Å². The van der Waals surface area contributed by atoms with E-state index in [0.29, 0.717) is 33.2 Å². The number of H-pyrrole nitrogens is 1. The highest BCUT2D eigenvalue weighted by Crippen LogP contribution is 2.21. The molecule has 0 amide bonds. The van der Waals surface area contributed by atoms with E-state index in [1.807, 2.05) is 20.8 Å². The van der Waals surface area contributed by atoms with Crippen molar-refractivity contribution < 1.29 is 4.55 Å². The SMILES string of the molecule is CC(C)C[S@@+]([O-])c1ccnc(N[C@@H](C)c2cc3cc(Cl)ccc3[nH]c2=O)n1. The Morgan fingerprint density at radius 3 is 2.78 bits per heavy atom. The lowest BCUT2D eigenvalue weighted by molar-refractivity contribution is 0.577. The zero-order chi connectivity index (χ0) is 19.6. The molecule has 2 N–H and O–H groups in total. The molecule has 1 aromatic carbocycles. The van der Waals surface area contributed by atoms with Crippen LogP contribution < -0.4 is 10.9 Å². The van der Waals surface area contributed by atoms with E-state index >= 15 is 0 Å². The van der Waals surface area contributed by atoms with Crippen LogP contribution in [0.5, 0.6) is 0 Å². The molecule has 0 radical (unpaired) electrons. The van der Waals surface area contributed by atoms with Gasteiger partial charge in [0.1, 0.15) is 5.75 Å². The van der Waals surface area contributed by atoms with Crippen LogP contribution in [0.3, 0.4) is 0 Å². The second-order valence-electron chi connectivity index (χ2n) is 6.78. The normalized spacial score (nSPS) is 13.7. The molecular formula is C19H21ClN4O2S. The molecule has 0 aliphatic heterocycles. The number of benzene rings is 1. The first-order valence-electron chi connectivity index (χ1n) is 8.64. The topological polar surface area (TPSA) is 93.7 Å². The fraction of sp³-hybridized carbons (Fsp3) is 0.316. The van der Waals surface area contributed by atoms with Gasteiger partial charge in [-0.1, -0.05) is 25.4 Å². The smallest absolute Gasteiger partial charge is 0.253 e. The molecule has 3 rings (SSSR count). The molecule has 0 fully saturated rings. The zero-order valence-corrected chi connectivity index (χ0v) is 16.9. The Balaban J connectivity index is 1.85. The number of aromatic nitrogens is 3. The van der Waals surface area contributed by atoms with Crippen molar-refractivity contribution in [3.05, 3.63) is 57.5 Å². The summed E-state index contributed by atoms with van der Waals surface area (Å²) < 4.78 is 12.3. The first-order valence-corrected chi connectivity index (χ1v) is 10.3. The van der Waals surface area contributed by atoms with Crippen molar-refractivity contribution in [2.24, 2.45) is 5.92 Å². The predicted molar refractivity (Wildman–Crippen MR) is 110 cm³/mol. The van der Waals surface area contributed by atoms with Crippen molar-refractivity contribution in [2.45, 2.75) is 31.8 Å². The van der Waals surface area contributed by atoms with Gasteiger partial charge in [0.2, 0.25) is 11.0 Å². The molecule has 0 spiro atoms. The first-order chi connectivity index (χ1) is 12.8. The number of hydrogen-bond acceptors (Lipinski definition) is 5. The van der Waals surface area contributed by atoms with E-state index < -0.39 is 11.2 Å². The molecular weight excluding hydrogens is 384 g/mol. The van der Waals surface area contributed by atoms with Gasteiger partial charge in [0.05, 0.1) is 6.04 Å². The van der Waals surface area contributed by atoms with Gasteiger partial charge >= 0.3 is 0 Å². The van der Waals surface area contributed by atoms with Crippen LogP contribution in [0.2, 0.25) is 5.02 Å². The van der Waals surface area contributed by atoms with Crippen molar-refractivity contribution in [1.82, 2.24) is 15.0 Å². The van der Waals surface area contributed by atoms with Gasteiger partial charge in [0.25, 0.3) is 5.56 Å². The van der Waals surface area contributed by atoms with Crippen LogP contribution in [0.4, 0.5) is 5.95 Å². The molecule has 0 saturated carbocycles. The summed E-state index contributed by atoms with van der Waals surface area (Å²) >= 11 is 4.86. The Labute approximate surface area is 165 Å². The summed E-state index contributed by atoms with van der Waals surface area (Å²) in [5.74, 6) is 1.18. The highest BCUT2D eigenvalue weighted by molar-refractivity contribution is 7.91. The maximum Gasteiger partial charge on any atom is 0.253 e. The molecule has 2 heterocycles. The van der Waals surface area contributed by atoms with Crippen molar-refractivity contribution in [3.8, 4) is 0 Å². The third-order valence-corrected chi connectivity index (χ3v) is 5.89. The van der Waals surface area contributed by atoms with E-state index in [1.165, 1.54) is 0 Å². The molecule has 0 aliphatic carbocycles. The molecule has 0 bridgehead atoms. The largest absolute Gasteiger partial charge is 0.610 e. The van der Waals surface area contributed by atoms with Crippen LogP contribution in [0.15, 0.2) is 46.3 Å². The van der Waals surface area contributed by atoms with Crippen LogP contribution in [0.25, 0.3) is 10.9 Å². The lowest BCUT2D eigenvalue weighted by Crippen LogP contribution is -2.21. The number of halogens is 1. The van der Waals surface area contributed by atoms with E-state index in [2.05, 4.69) is 20.3 Å². The number of pyridine rings is 1. The predicted octanol–water partition coefficient (Wildman–Crippen LogP) is 3.91. The lowest BCUT2D eigenvalue weighted by atomic mass is 10.1. The standard InChI is InChI=1S/C19H21ClN4O2S/c1-11(2)10-27(26)17-6-7-21-19(24-17)22-12(3)15-9-13-8-14(20)4-5-16(13)23-18(15)25/h4-9,11-12H,10H2,1-3H3,(H,23,25)(H,21,22,24)/t12-,27+/m0/s1. The minimum absolute atomic E-state index is 0.190. The fourth-order valence-corrected chi connectivity index (χ4v) is 4.07. The quantitative estimate of drug-likeness (QED) is 0.480. The van der Waals surface area contributed by atoms with Gasteiger partial charge in [-0.05, 0) is 37.1 Å². The summed E-state index contributed by atoms with van der Waals surface area (Å²) in [6.07, 6.45) is 1.57. The Hall–Kier alpha value is -2.09. The molecule has 2 aromatic heterocycles. The minimum atomic E-state index is -1.18. The Kier molecular flexibility index (Phi) is 6.04. The van der Waals surface area contributed by atoms with Gasteiger partial charge in [0.15, 0.2) is 0 Å². The van der Waals surface area contributed by atoms with Gasteiger partial charge in [-0.25, -0.2) is 4.98 Å². The molecule has 3 aromatic rings. The molecule has 27 heavy (non-hydrogen) atoms.